The van der Waals surface area contributed by atoms with Gasteiger partial charge in [-0.15, -0.1) is 0 Å². The SMILES string of the molecule is Cc1cc(C)c(S(=O)(=O)NCCC(=O)N2CCc3ccccc3[C@H]2CC(=O)O)c(C)c1. The molecule has 8 heteroatoms. The maximum absolute atomic E-state index is 12.9. The van der Waals surface area contributed by atoms with Gasteiger partial charge in [0.05, 0.1) is 17.4 Å². The van der Waals surface area contributed by atoms with Crippen molar-refractivity contribution in [3.8, 4) is 0 Å². The Hall–Kier alpha value is -2.71. The molecule has 0 aromatic heterocycles. The van der Waals surface area contributed by atoms with Crippen molar-refractivity contribution in [1.29, 1.82) is 0 Å². The standard InChI is InChI=1S/C23H28N2O5S/c1-15-12-16(2)23(17(3)13-15)31(29,30)24-10-8-21(26)25-11-9-18-6-4-5-7-19(18)20(25)14-22(27)28/h4-7,12-13,20,24H,8-11,14H2,1-3H3,(H,27,28)/t20-/m1/s1. The molecule has 0 bridgehead atoms. The average molecular weight is 445 g/mol. The molecule has 7 nitrogen and oxygen atoms in total. The summed E-state index contributed by atoms with van der Waals surface area (Å²) >= 11 is 0. The lowest BCUT2D eigenvalue weighted by Gasteiger charge is -2.37. The number of benzene rings is 2. The molecule has 2 N–H and O–H groups in total. The van der Waals surface area contributed by atoms with Gasteiger partial charge in [-0.2, -0.15) is 0 Å². The highest BCUT2D eigenvalue weighted by molar-refractivity contribution is 7.89. The first-order valence-electron chi connectivity index (χ1n) is 10.3. The first kappa shape index (κ1) is 23.0. The van der Waals surface area contributed by atoms with Crippen molar-refractivity contribution in [2.45, 2.75) is 51.0 Å². The molecule has 0 saturated heterocycles. The first-order valence-corrected chi connectivity index (χ1v) is 11.7. The van der Waals surface area contributed by atoms with Crippen LogP contribution in [0.2, 0.25) is 0 Å². The van der Waals surface area contributed by atoms with Crippen molar-refractivity contribution in [2.75, 3.05) is 13.1 Å². The van der Waals surface area contributed by atoms with E-state index in [1.165, 1.54) is 0 Å². The number of aliphatic carboxylic acids is 1. The second-order valence-electron chi connectivity index (χ2n) is 8.03. The first-order chi connectivity index (χ1) is 14.6. The van der Waals surface area contributed by atoms with Crippen LogP contribution in [0.4, 0.5) is 0 Å². The van der Waals surface area contributed by atoms with Gasteiger partial charge in [0, 0.05) is 19.5 Å². The zero-order valence-corrected chi connectivity index (χ0v) is 18.8. The van der Waals surface area contributed by atoms with Crippen LogP contribution in [0, 0.1) is 20.8 Å². The molecular formula is C23H28N2O5S. The molecule has 0 spiro atoms. The van der Waals surface area contributed by atoms with Crippen LogP contribution in [0.5, 0.6) is 0 Å². The lowest BCUT2D eigenvalue weighted by Crippen LogP contribution is -2.42. The number of hydrogen-bond acceptors (Lipinski definition) is 4. The molecule has 1 aliphatic rings. The van der Waals surface area contributed by atoms with Crippen molar-refractivity contribution in [2.24, 2.45) is 0 Å². The number of carbonyl (C=O) groups is 2. The van der Waals surface area contributed by atoms with Crippen molar-refractivity contribution >= 4 is 21.9 Å². The molecule has 1 aliphatic heterocycles. The summed E-state index contributed by atoms with van der Waals surface area (Å²) in [6.07, 6.45) is 0.420. The van der Waals surface area contributed by atoms with Crippen LogP contribution in [0.25, 0.3) is 0 Å². The van der Waals surface area contributed by atoms with Crippen LogP contribution in [0.15, 0.2) is 41.3 Å². The summed E-state index contributed by atoms with van der Waals surface area (Å²) in [5, 5.41) is 9.34. The third-order valence-corrected chi connectivity index (χ3v) is 7.37. The monoisotopic (exact) mass is 444 g/mol. The van der Waals surface area contributed by atoms with Gasteiger partial charge in [-0.3, -0.25) is 9.59 Å². The van der Waals surface area contributed by atoms with Crippen molar-refractivity contribution in [3.05, 3.63) is 64.2 Å². The molecule has 3 rings (SSSR count). The van der Waals surface area contributed by atoms with Crippen LogP contribution < -0.4 is 4.72 Å². The summed E-state index contributed by atoms with van der Waals surface area (Å²) < 4.78 is 28.1. The van der Waals surface area contributed by atoms with Gasteiger partial charge >= 0.3 is 5.97 Å². The fourth-order valence-electron chi connectivity index (χ4n) is 4.43. The number of carbonyl (C=O) groups excluding carboxylic acids is 1. The third-order valence-electron chi connectivity index (χ3n) is 5.61. The van der Waals surface area contributed by atoms with Crippen LogP contribution in [0.3, 0.4) is 0 Å². The van der Waals surface area contributed by atoms with Gasteiger partial charge in [-0.05, 0) is 49.4 Å². The van der Waals surface area contributed by atoms with E-state index in [2.05, 4.69) is 4.72 Å². The second-order valence-corrected chi connectivity index (χ2v) is 9.73. The average Bonchev–Trinajstić information content (AvgIpc) is 2.66. The van der Waals surface area contributed by atoms with E-state index >= 15 is 0 Å². The highest BCUT2D eigenvalue weighted by Gasteiger charge is 2.32. The summed E-state index contributed by atoms with van der Waals surface area (Å²) in [6, 6.07) is 10.6. The molecule has 1 heterocycles. The molecule has 166 valence electrons. The van der Waals surface area contributed by atoms with E-state index in [0.717, 1.165) is 16.7 Å². The molecule has 0 fully saturated rings. The number of carboxylic acids is 1. The Bertz CT molecular complexity index is 1090. The van der Waals surface area contributed by atoms with Crippen molar-refractivity contribution in [3.63, 3.8) is 0 Å². The minimum Gasteiger partial charge on any atom is -0.481 e. The Labute approximate surface area is 183 Å². The maximum atomic E-state index is 12.9. The maximum Gasteiger partial charge on any atom is 0.305 e. The van der Waals surface area contributed by atoms with Crippen LogP contribution in [-0.2, 0) is 26.0 Å². The van der Waals surface area contributed by atoms with Gasteiger partial charge in [-0.1, -0.05) is 42.0 Å². The van der Waals surface area contributed by atoms with Gasteiger partial charge in [0.2, 0.25) is 15.9 Å². The quantitative estimate of drug-likeness (QED) is 0.683. The molecule has 0 aliphatic carbocycles. The van der Waals surface area contributed by atoms with E-state index in [9.17, 15) is 23.1 Å². The van der Waals surface area contributed by atoms with Gasteiger partial charge in [0.25, 0.3) is 0 Å². The zero-order valence-electron chi connectivity index (χ0n) is 18.0. The van der Waals surface area contributed by atoms with E-state index in [4.69, 9.17) is 0 Å². The summed E-state index contributed by atoms with van der Waals surface area (Å²) in [6.45, 7) is 5.78. The zero-order chi connectivity index (χ0) is 22.8. The Kier molecular flexibility index (Phi) is 6.81. The lowest BCUT2D eigenvalue weighted by atomic mass is 9.90. The molecule has 0 saturated carbocycles. The number of hydrogen-bond donors (Lipinski definition) is 2. The number of sulfonamides is 1. The largest absolute Gasteiger partial charge is 0.481 e. The van der Waals surface area contributed by atoms with Gasteiger partial charge < -0.3 is 10.0 Å². The van der Waals surface area contributed by atoms with Crippen LogP contribution >= 0.6 is 0 Å². The highest BCUT2D eigenvalue weighted by atomic mass is 32.2. The number of nitrogens with zero attached hydrogens (tertiary/aromatic N) is 1. The van der Waals surface area contributed by atoms with Crippen molar-refractivity contribution in [1.82, 2.24) is 9.62 Å². The Morgan fingerprint density at radius 1 is 1.13 bits per heavy atom. The molecule has 2 aromatic carbocycles. The highest BCUT2D eigenvalue weighted by Crippen LogP contribution is 2.32. The second kappa shape index (κ2) is 9.20. The lowest BCUT2D eigenvalue weighted by molar-refractivity contribution is -0.141. The number of amides is 1. The van der Waals surface area contributed by atoms with Crippen LogP contribution in [-0.4, -0.2) is 43.4 Å². The van der Waals surface area contributed by atoms with Crippen molar-refractivity contribution < 1.29 is 23.1 Å². The summed E-state index contributed by atoms with van der Waals surface area (Å²) in [4.78, 5) is 26.1. The van der Waals surface area contributed by atoms with Gasteiger partial charge in [0.15, 0.2) is 0 Å². The Balaban J connectivity index is 1.71. The Morgan fingerprint density at radius 3 is 2.42 bits per heavy atom. The normalized spacial score (nSPS) is 16.1. The number of rotatable bonds is 7. The van der Waals surface area contributed by atoms with E-state index in [1.807, 2.05) is 43.3 Å². The molecule has 2 aromatic rings. The fraction of sp³-hybridized carbons (Fsp3) is 0.391. The molecule has 1 atom stereocenters. The van der Waals surface area contributed by atoms with E-state index in [1.54, 1.807) is 18.7 Å². The molecule has 0 unspecified atom stereocenters. The summed E-state index contributed by atoms with van der Waals surface area (Å²) in [5.74, 6) is -1.24. The summed E-state index contributed by atoms with van der Waals surface area (Å²) in [5.41, 5.74) is 4.19. The molecule has 1 amide bonds. The van der Waals surface area contributed by atoms with E-state index in [-0.39, 0.29) is 30.2 Å². The predicted molar refractivity (Wildman–Crippen MR) is 117 cm³/mol. The van der Waals surface area contributed by atoms with Gasteiger partial charge in [0.1, 0.15) is 0 Å². The number of aryl methyl sites for hydroxylation is 3. The number of nitrogens with one attached hydrogen (secondary N) is 1. The number of carboxylic acid groups (broad SMARTS) is 1. The predicted octanol–water partition coefficient (Wildman–Crippen LogP) is 2.88. The van der Waals surface area contributed by atoms with Gasteiger partial charge in [-0.25, -0.2) is 13.1 Å². The fourth-order valence-corrected chi connectivity index (χ4v) is 5.92. The van der Waals surface area contributed by atoms with E-state index in [0.29, 0.717) is 24.1 Å². The third kappa shape index (κ3) is 5.14. The van der Waals surface area contributed by atoms with Crippen LogP contribution in [0.1, 0.15) is 46.7 Å². The minimum atomic E-state index is -3.76. The summed E-state index contributed by atoms with van der Waals surface area (Å²) in [7, 11) is -3.76. The topological polar surface area (TPSA) is 104 Å². The molecule has 0 radical (unpaired) electrons. The Morgan fingerprint density at radius 2 is 1.77 bits per heavy atom. The van der Waals surface area contributed by atoms with E-state index < -0.39 is 22.0 Å². The molecule has 31 heavy (non-hydrogen) atoms. The number of fused-ring (bicyclic) bond motifs is 1. The minimum absolute atomic E-state index is 0.0402. The smallest absolute Gasteiger partial charge is 0.305 e. The molecular weight excluding hydrogens is 416 g/mol.